The lowest BCUT2D eigenvalue weighted by atomic mass is 10.1. The molecule has 1 unspecified atom stereocenters. The van der Waals surface area contributed by atoms with Crippen molar-refractivity contribution < 1.29 is 9.53 Å². The van der Waals surface area contributed by atoms with Crippen molar-refractivity contribution >= 4 is 5.91 Å². The van der Waals surface area contributed by atoms with Crippen molar-refractivity contribution in [3.8, 4) is 5.75 Å². The highest BCUT2D eigenvalue weighted by molar-refractivity contribution is 5.76. The lowest BCUT2D eigenvalue weighted by molar-refractivity contribution is -0.121. The minimum atomic E-state index is 0.104. The van der Waals surface area contributed by atoms with Crippen molar-refractivity contribution in [2.24, 2.45) is 0 Å². The number of nitrogens with one attached hydrogen (secondary N) is 2. The van der Waals surface area contributed by atoms with Crippen LogP contribution >= 0.6 is 0 Å². The molecule has 0 saturated carbocycles. The molecule has 0 bridgehead atoms. The predicted molar refractivity (Wildman–Crippen MR) is 75.3 cm³/mol. The van der Waals surface area contributed by atoms with E-state index in [0.29, 0.717) is 25.6 Å². The molecule has 2 rings (SSSR count). The monoisotopic (exact) mass is 262 g/mol. The van der Waals surface area contributed by atoms with Crippen LogP contribution in [0.15, 0.2) is 24.3 Å². The van der Waals surface area contributed by atoms with E-state index < -0.39 is 0 Å². The van der Waals surface area contributed by atoms with Gasteiger partial charge in [0.05, 0.1) is 6.54 Å². The molecule has 1 heterocycles. The Labute approximate surface area is 114 Å². The fourth-order valence-corrected chi connectivity index (χ4v) is 2.29. The first kappa shape index (κ1) is 13.9. The number of rotatable bonds is 6. The molecule has 0 aliphatic carbocycles. The molecule has 1 aliphatic heterocycles. The molecule has 0 spiro atoms. The number of hydrogen-bond acceptors (Lipinski definition) is 3. The number of ether oxygens (including phenoxy) is 1. The van der Waals surface area contributed by atoms with Gasteiger partial charge in [0.2, 0.25) is 5.91 Å². The van der Waals surface area contributed by atoms with Gasteiger partial charge in [0.25, 0.3) is 0 Å². The van der Waals surface area contributed by atoms with Crippen LogP contribution < -0.4 is 15.4 Å². The van der Waals surface area contributed by atoms with E-state index in [1.165, 1.54) is 12.0 Å². The summed E-state index contributed by atoms with van der Waals surface area (Å²) in [5, 5.41) is 6.21. The number of amides is 1. The van der Waals surface area contributed by atoms with Crippen LogP contribution in [0.5, 0.6) is 5.75 Å². The molecule has 1 aliphatic rings. The van der Waals surface area contributed by atoms with Crippen molar-refractivity contribution in [1.82, 2.24) is 10.6 Å². The summed E-state index contributed by atoms with van der Waals surface area (Å²) in [4.78, 5) is 11.7. The van der Waals surface area contributed by atoms with E-state index in [1.807, 2.05) is 31.2 Å². The number of benzene rings is 1. The van der Waals surface area contributed by atoms with E-state index in [4.69, 9.17) is 4.74 Å². The maximum atomic E-state index is 11.7. The lowest BCUT2D eigenvalue weighted by Crippen LogP contribution is -2.33. The number of carbonyl (C=O) groups excluding carboxylic acids is 1. The molecule has 4 heteroatoms. The molecule has 0 aromatic heterocycles. The van der Waals surface area contributed by atoms with Crippen LogP contribution in [-0.4, -0.2) is 31.6 Å². The topological polar surface area (TPSA) is 50.4 Å². The summed E-state index contributed by atoms with van der Waals surface area (Å²) >= 11 is 0. The van der Waals surface area contributed by atoms with Crippen molar-refractivity contribution in [2.75, 3.05) is 19.7 Å². The lowest BCUT2D eigenvalue weighted by Gasteiger charge is -2.11. The summed E-state index contributed by atoms with van der Waals surface area (Å²) in [5.41, 5.74) is 1.17. The third-order valence-electron chi connectivity index (χ3n) is 3.28. The Balaban J connectivity index is 1.59. The second-order valence-electron chi connectivity index (χ2n) is 5.01. The summed E-state index contributed by atoms with van der Waals surface area (Å²) < 4.78 is 5.58. The van der Waals surface area contributed by atoms with Crippen LogP contribution in [0.3, 0.4) is 0 Å². The smallest absolute Gasteiger partial charge is 0.221 e. The van der Waals surface area contributed by atoms with Gasteiger partial charge < -0.3 is 15.4 Å². The zero-order valence-electron chi connectivity index (χ0n) is 11.4. The van der Waals surface area contributed by atoms with Crippen LogP contribution in [-0.2, 0) is 4.79 Å². The zero-order chi connectivity index (χ0) is 13.5. The summed E-state index contributed by atoms with van der Waals surface area (Å²) in [6.45, 7) is 4.13. The fourth-order valence-electron chi connectivity index (χ4n) is 2.29. The van der Waals surface area contributed by atoms with E-state index in [2.05, 4.69) is 10.6 Å². The Morgan fingerprint density at radius 2 is 2.42 bits per heavy atom. The largest absolute Gasteiger partial charge is 0.492 e. The SMILES string of the molecule is Cc1cccc(OCCNC(=O)CC2CCCN2)c1. The standard InChI is InChI=1S/C15H22N2O2/c1-12-4-2-6-14(10-12)19-9-8-17-15(18)11-13-5-3-7-16-13/h2,4,6,10,13,16H,3,5,7-9,11H2,1H3,(H,17,18). The van der Waals surface area contributed by atoms with E-state index in [9.17, 15) is 4.79 Å². The Bertz CT molecular complexity index is 414. The van der Waals surface area contributed by atoms with Crippen molar-refractivity contribution in [2.45, 2.75) is 32.2 Å². The molecule has 1 atom stereocenters. The number of aryl methyl sites for hydroxylation is 1. The summed E-state index contributed by atoms with van der Waals surface area (Å²) in [7, 11) is 0. The first-order chi connectivity index (χ1) is 9.24. The Morgan fingerprint density at radius 3 is 3.16 bits per heavy atom. The summed E-state index contributed by atoms with van der Waals surface area (Å²) in [5.74, 6) is 0.957. The first-order valence-corrected chi connectivity index (χ1v) is 6.93. The molecular formula is C15H22N2O2. The second-order valence-corrected chi connectivity index (χ2v) is 5.01. The molecule has 19 heavy (non-hydrogen) atoms. The van der Waals surface area contributed by atoms with Gasteiger partial charge >= 0.3 is 0 Å². The van der Waals surface area contributed by atoms with Gasteiger partial charge in [-0.15, -0.1) is 0 Å². The van der Waals surface area contributed by atoms with Gasteiger partial charge in [-0.05, 0) is 44.0 Å². The van der Waals surface area contributed by atoms with Crippen LogP contribution in [0, 0.1) is 6.92 Å². The molecule has 1 aromatic carbocycles. The minimum Gasteiger partial charge on any atom is -0.492 e. The van der Waals surface area contributed by atoms with Crippen LogP contribution in [0.4, 0.5) is 0 Å². The summed E-state index contributed by atoms with van der Waals surface area (Å²) in [6.07, 6.45) is 2.85. The third-order valence-corrected chi connectivity index (χ3v) is 3.28. The molecule has 1 saturated heterocycles. The normalized spacial score (nSPS) is 18.3. The zero-order valence-corrected chi connectivity index (χ0v) is 11.4. The van der Waals surface area contributed by atoms with E-state index in [1.54, 1.807) is 0 Å². The highest BCUT2D eigenvalue weighted by Crippen LogP contribution is 2.12. The maximum Gasteiger partial charge on any atom is 0.221 e. The van der Waals surface area contributed by atoms with E-state index in [0.717, 1.165) is 18.7 Å². The highest BCUT2D eigenvalue weighted by Gasteiger charge is 2.17. The molecule has 1 fully saturated rings. The molecule has 0 radical (unpaired) electrons. The van der Waals surface area contributed by atoms with Gasteiger partial charge in [-0.3, -0.25) is 4.79 Å². The van der Waals surface area contributed by atoms with Gasteiger partial charge in [0.15, 0.2) is 0 Å². The summed E-state index contributed by atoms with van der Waals surface area (Å²) in [6, 6.07) is 8.28. The van der Waals surface area contributed by atoms with Gasteiger partial charge in [0.1, 0.15) is 12.4 Å². The predicted octanol–water partition coefficient (Wildman–Crippen LogP) is 1.63. The Hall–Kier alpha value is -1.55. The number of hydrogen-bond donors (Lipinski definition) is 2. The van der Waals surface area contributed by atoms with Crippen molar-refractivity contribution in [3.63, 3.8) is 0 Å². The minimum absolute atomic E-state index is 0.104. The molecule has 104 valence electrons. The molecule has 4 nitrogen and oxygen atoms in total. The average molecular weight is 262 g/mol. The fraction of sp³-hybridized carbons (Fsp3) is 0.533. The Morgan fingerprint density at radius 1 is 1.53 bits per heavy atom. The van der Waals surface area contributed by atoms with Crippen LogP contribution in [0.2, 0.25) is 0 Å². The second kappa shape index (κ2) is 7.14. The maximum absolute atomic E-state index is 11.7. The van der Waals surface area contributed by atoms with Gasteiger partial charge in [-0.1, -0.05) is 12.1 Å². The van der Waals surface area contributed by atoms with Gasteiger partial charge in [0, 0.05) is 12.5 Å². The molecule has 1 aromatic rings. The van der Waals surface area contributed by atoms with E-state index in [-0.39, 0.29) is 5.91 Å². The number of carbonyl (C=O) groups is 1. The van der Waals surface area contributed by atoms with Gasteiger partial charge in [-0.2, -0.15) is 0 Å². The van der Waals surface area contributed by atoms with Crippen molar-refractivity contribution in [1.29, 1.82) is 0 Å². The van der Waals surface area contributed by atoms with E-state index >= 15 is 0 Å². The first-order valence-electron chi connectivity index (χ1n) is 6.93. The van der Waals surface area contributed by atoms with Crippen LogP contribution in [0.25, 0.3) is 0 Å². The van der Waals surface area contributed by atoms with Crippen LogP contribution in [0.1, 0.15) is 24.8 Å². The highest BCUT2D eigenvalue weighted by atomic mass is 16.5. The molecular weight excluding hydrogens is 240 g/mol. The third kappa shape index (κ3) is 4.91. The Kier molecular flexibility index (Phi) is 5.21. The van der Waals surface area contributed by atoms with Gasteiger partial charge in [-0.25, -0.2) is 0 Å². The average Bonchev–Trinajstić information content (AvgIpc) is 2.87. The quantitative estimate of drug-likeness (QED) is 0.766. The molecule has 1 amide bonds. The molecule has 2 N–H and O–H groups in total. The van der Waals surface area contributed by atoms with Crippen molar-refractivity contribution in [3.05, 3.63) is 29.8 Å².